The molecule has 0 bridgehead atoms. The fourth-order valence-corrected chi connectivity index (χ4v) is 3.21. The molecule has 0 saturated heterocycles. The van der Waals surface area contributed by atoms with Crippen molar-refractivity contribution < 1.29 is 0 Å². The van der Waals surface area contributed by atoms with Crippen molar-refractivity contribution in [2.45, 2.75) is 13.3 Å². The van der Waals surface area contributed by atoms with Crippen LogP contribution in [0.5, 0.6) is 0 Å². The molecule has 24 heavy (non-hydrogen) atoms. The molecule has 0 fully saturated rings. The van der Waals surface area contributed by atoms with Crippen molar-refractivity contribution in [1.82, 2.24) is 0 Å². The van der Waals surface area contributed by atoms with Crippen LogP contribution in [0.15, 0.2) is 53.5 Å². The highest BCUT2D eigenvalue weighted by Crippen LogP contribution is 2.26. The second-order valence-corrected chi connectivity index (χ2v) is 6.59. The summed E-state index contributed by atoms with van der Waals surface area (Å²) in [5.41, 5.74) is 4.46. The third-order valence-corrected chi connectivity index (χ3v) is 4.78. The van der Waals surface area contributed by atoms with Gasteiger partial charge < -0.3 is 4.90 Å². The van der Waals surface area contributed by atoms with Gasteiger partial charge in [-0.3, -0.25) is 4.99 Å². The van der Waals surface area contributed by atoms with Gasteiger partial charge in [-0.2, -0.15) is 0 Å². The Bertz CT molecular complexity index is 781. The van der Waals surface area contributed by atoms with Gasteiger partial charge in [0.1, 0.15) is 0 Å². The highest BCUT2D eigenvalue weighted by Gasteiger charge is 2.15. The van der Waals surface area contributed by atoms with E-state index in [1.54, 1.807) is 0 Å². The fraction of sp³-hybridized carbons (Fsp3) is 0.250. The summed E-state index contributed by atoms with van der Waals surface area (Å²) < 4.78 is 0. The molecule has 2 aromatic carbocycles. The highest BCUT2D eigenvalue weighted by molar-refractivity contribution is 6.42. The van der Waals surface area contributed by atoms with Crippen molar-refractivity contribution in [2.75, 3.05) is 24.5 Å². The van der Waals surface area contributed by atoms with E-state index in [0.29, 0.717) is 10.0 Å². The lowest BCUT2D eigenvalue weighted by Gasteiger charge is -2.23. The number of nitrogens with zero attached hydrogens (tertiary/aromatic N) is 2. The first kappa shape index (κ1) is 17.1. The molecule has 4 heteroatoms. The quantitative estimate of drug-likeness (QED) is 0.681. The Morgan fingerprint density at radius 3 is 2.71 bits per heavy atom. The normalized spacial score (nSPS) is 14.5. The molecule has 0 saturated carbocycles. The molecule has 1 aliphatic heterocycles. The number of anilines is 1. The van der Waals surface area contributed by atoms with Gasteiger partial charge in [0.2, 0.25) is 0 Å². The van der Waals surface area contributed by atoms with E-state index in [2.05, 4.69) is 42.2 Å². The zero-order valence-corrected chi connectivity index (χ0v) is 15.2. The first-order valence-corrected chi connectivity index (χ1v) is 8.96. The first-order chi connectivity index (χ1) is 11.7. The molecule has 0 amide bonds. The molecule has 0 radical (unpaired) electrons. The number of halogens is 2. The van der Waals surface area contributed by atoms with E-state index in [-0.39, 0.29) is 0 Å². The molecule has 1 aliphatic rings. The molecular weight excluding hydrogens is 339 g/mol. The van der Waals surface area contributed by atoms with Crippen LogP contribution in [0, 0.1) is 0 Å². The molecule has 0 aliphatic carbocycles. The summed E-state index contributed by atoms with van der Waals surface area (Å²) in [6.07, 6.45) is 5.23. The number of hydrogen-bond acceptors (Lipinski definition) is 2. The molecule has 3 rings (SSSR count). The Kier molecular flexibility index (Phi) is 5.60. The number of rotatable bonds is 4. The second-order valence-electron chi connectivity index (χ2n) is 5.78. The van der Waals surface area contributed by atoms with Gasteiger partial charge in [-0.05, 0) is 36.3 Å². The van der Waals surface area contributed by atoms with Crippen molar-refractivity contribution in [3.05, 3.63) is 69.7 Å². The third kappa shape index (κ3) is 3.82. The zero-order chi connectivity index (χ0) is 16.9. The standard InChI is InChI=1S/C20H20Cl2N2/c1-2-12-24-13-11-23-19(16-5-3-4-6-20(16)24)10-8-15-7-9-17(21)18(22)14-15/h3-10,14H,2,11-13H2,1H3/b10-8+. The summed E-state index contributed by atoms with van der Waals surface area (Å²) in [6, 6.07) is 14.1. The minimum absolute atomic E-state index is 0.566. The molecule has 2 aromatic rings. The maximum Gasteiger partial charge on any atom is 0.0668 e. The Labute approximate surface area is 153 Å². The SMILES string of the molecule is CCCN1CCN=C(/C=C/c2ccc(Cl)c(Cl)c2)c2ccccc21. The van der Waals surface area contributed by atoms with Crippen LogP contribution in [0.3, 0.4) is 0 Å². The van der Waals surface area contributed by atoms with Crippen LogP contribution in [-0.2, 0) is 0 Å². The summed E-state index contributed by atoms with van der Waals surface area (Å²) in [5, 5.41) is 1.14. The molecule has 2 nitrogen and oxygen atoms in total. The van der Waals surface area contributed by atoms with Gasteiger partial charge in [0.05, 0.1) is 22.3 Å². The van der Waals surface area contributed by atoms with Crippen LogP contribution >= 0.6 is 23.2 Å². The fourth-order valence-electron chi connectivity index (χ4n) is 2.90. The number of benzene rings is 2. The first-order valence-electron chi connectivity index (χ1n) is 8.21. The lowest BCUT2D eigenvalue weighted by Crippen LogP contribution is -2.26. The zero-order valence-electron chi connectivity index (χ0n) is 13.7. The minimum Gasteiger partial charge on any atom is -0.369 e. The number of allylic oxidation sites excluding steroid dienone is 1. The smallest absolute Gasteiger partial charge is 0.0668 e. The summed E-state index contributed by atoms with van der Waals surface area (Å²) in [6.45, 7) is 5.01. The van der Waals surface area contributed by atoms with Crippen LogP contribution in [0.25, 0.3) is 6.08 Å². The molecule has 1 heterocycles. The van der Waals surface area contributed by atoms with Gasteiger partial charge in [-0.25, -0.2) is 0 Å². The monoisotopic (exact) mass is 358 g/mol. The molecule has 124 valence electrons. The van der Waals surface area contributed by atoms with Gasteiger partial charge in [-0.1, -0.05) is 60.5 Å². The van der Waals surface area contributed by atoms with E-state index in [0.717, 1.165) is 37.3 Å². The molecule has 0 spiro atoms. The minimum atomic E-state index is 0.566. The Hall–Kier alpha value is -1.77. The number of hydrogen-bond donors (Lipinski definition) is 0. The topological polar surface area (TPSA) is 15.6 Å². The van der Waals surface area contributed by atoms with Crippen molar-refractivity contribution >= 4 is 40.7 Å². The van der Waals surface area contributed by atoms with Crippen LogP contribution < -0.4 is 4.90 Å². The predicted molar refractivity (Wildman–Crippen MR) is 106 cm³/mol. The molecular formula is C20H20Cl2N2. The summed E-state index contributed by atoms with van der Waals surface area (Å²) in [4.78, 5) is 7.20. The average molecular weight is 359 g/mol. The summed E-state index contributed by atoms with van der Waals surface area (Å²) in [5.74, 6) is 0. The van der Waals surface area contributed by atoms with Crippen LogP contribution in [0.4, 0.5) is 5.69 Å². The van der Waals surface area contributed by atoms with Gasteiger partial charge in [0.15, 0.2) is 0 Å². The van der Waals surface area contributed by atoms with Crippen molar-refractivity contribution in [1.29, 1.82) is 0 Å². The number of aliphatic imine (C=N–C) groups is 1. The van der Waals surface area contributed by atoms with Gasteiger partial charge in [0.25, 0.3) is 0 Å². The van der Waals surface area contributed by atoms with Crippen molar-refractivity contribution in [2.24, 2.45) is 4.99 Å². The Morgan fingerprint density at radius 1 is 1.08 bits per heavy atom. The number of benzodiazepines with no additional fused rings is 1. The molecule has 0 unspecified atom stereocenters. The number of fused-ring (bicyclic) bond motifs is 1. The van der Waals surface area contributed by atoms with Gasteiger partial charge in [0, 0.05) is 24.3 Å². The lowest BCUT2D eigenvalue weighted by atomic mass is 10.1. The van der Waals surface area contributed by atoms with E-state index in [4.69, 9.17) is 28.2 Å². The van der Waals surface area contributed by atoms with E-state index in [9.17, 15) is 0 Å². The van der Waals surface area contributed by atoms with Crippen LogP contribution in [0.2, 0.25) is 10.0 Å². The van der Waals surface area contributed by atoms with E-state index >= 15 is 0 Å². The van der Waals surface area contributed by atoms with Gasteiger partial charge in [-0.15, -0.1) is 0 Å². The average Bonchev–Trinajstić information content (AvgIpc) is 2.76. The predicted octanol–water partition coefficient (Wildman–Crippen LogP) is 5.73. The second kappa shape index (κ2) is 7.87. The van der Waals surface area contributed by atoms with Crippen molar-refractivity contribution in [3.63, 3.8) is 0 Å². The molecule has 0 N–H and O–H groups in total. The van der Waals surface area contributed by atoms with Gasteiger partial charge >= 0.3 is 0 Å². The maximum absolute atomic E-state index is 6.09. The largest absolute Gasteiger partial charge is 0.369 e. The number of para-hydroxylation sites is 1. The lowest BCUT2D eigenvalue weighted by molar-refractivity contribution is 0.768. The third-order valence-electron chi connectivity index (χ3n) is 4.04. The molecule has 0 aromatic heterocycles. The Balaban J connectivity index is 1.92. The Morgan fingerprint density at radius 2 is 1.92 bits per heavy atom. The summed E-state index contributed by atoms with van der Waals surface area (Å²) >= 11 is 12.1. The maximum atomic E-state index is 6.09. The molecule has 0 atom stereocenters. The van der Waals surface area contributed by atoms with E-state index in [1.807, 2.05) is 24.3 Å². The highest BCUT2D eigenvalue weighted by atomic mass is 35.5. The van der Waals surface area contributed by atoms with E-state index in [1.165, 1.54) is 11.3 Å². The van der Waals surface area contributed by atoms with E-state index < -0.39 is 0 Å². The summed E-state index contributed by atoms with van der Waals surface area (Å²) in [7, 11) is 0. The van der Waals surface area contributed by atoms with Crippen LogP contribution in [-0.4, -0.2) is 25.3 Å². The van der Waals surface area contributed by atoms with Crippen LogP contribution in [0.1, 0.15) is 24.5 Å². The van der Waals surface area contributed by atoms with Crippen molar-refractivity contribution in [3.8, 4) is 0 Å².